The maximum absolute atomic E-state index is 11.0. The minimum absolute atomic E-state index is 0.200. The molecule has 1 heterocycles. The zero-order chi connectivity index (χ0) is 9.90. The van der Waals surface area contributed by atoms with E-state index in [1.165, 1.54) is 0 Å². The second kappa shape index (κ2) is 3.72. The number of nitrogens with zero attached hydrogens (tertiary/aromatic N) is 3. The van der Waals surface area contributed by atoms with Crippen LogP contribution in [0.3, 0.4) is 0 Å². The molecule has 1 aliphatic heterocycles. The monoisotopic (exact) mass is 185 g/mol. The van der Waals surface area contributed by atoms with Crippen molar-refractivity contribution in [3.8, 4) is 0 Å². The zero-order valence-corrected chi connectivity index (χ0v) is 8.06. The van der Waals surface area contributed by atoms with Crippen LogP contribution >= 0.6 is 0 Å². The smallest absolute Gasteiger partial charge is 0.267 e. The molecule has 0 spiro atoms. The lowest BCUT2D eigenvalue weighted by atomic mass is 10.1. The fourth-order valence-corrected chi connectivity index (χ4v) is 1.47. The summed E-state index contributed by atoms with van der Waals surface area (Å²) in [5.41, 5.74) is -0.827. The first-order valence-electron chi connectivity index (χ1n) is 4.47. The molecule has 0 unspecified atom stereocenters. The molecule has 5 nitrogen and oxygen atoms in total. The van der Waals surface area contributed by atoms with Crippen LogP contribution in [-0.4, -0.2) is 34.3 Å². The Balaban J connectivity index is 2.75. The van der Waals surface area contributed by atoms with Gasteiger partial charge in [0.1, 0.15) is 13.1 Å². The summed E-state index contributed by atoms with van der Waals surface area (Å²) in [7, 11) is 0. The van der Waals surface area contributed by atoms with Gasteiger partial charge < -0.3 is 10.4 Å². The van der Waals surface area contributed by atoms with Gasteiger partial charge in [0.15, 0.2) is 0 Å². The Morgan fingerprint density at radius 2 is 1.92 bits per heavy atom. The van der Waals surface area contributed by atoms with Gasteiger partial charge in [-0.15, -0.1) is 0 Å². The molecule has 0 amide bonds. The Kier molecular flexibility index (Phi) is 2.85. The van der Waals surface area contributed by atoms with E-state index < -0.39 is 5.54 Å². The van der Waals surface area contributed by atoms with Crippen molar-refractivity contribution in [2.24, 2.45) is 5.28 Å². The highest BCUT2D eigenvalue weighted by Crippen LogP contribution is 2.08. The molecule has 0 aliphatic carbocycles. The molecular formula is C8H15N3O2. The Hall–Kier alpha value is -1.13. The van der Waals surface area contributed by atoms with Gasteiger partial charge in [0.05, 0.1) is 0 Å². The highest BCUT2D eigenvalue weighted by molar-refractivity contribution is 5.61. The third-order valence-corrected chi connectivity index (χ3v) is 2.21. The summed E-state index contributed by atoms with van der Waals surface area (Å²) in [6.07, 6.45) is 4.09. The van der Waals surface area contributed by atoms with Gasteiger partial charge in [-0.1, -0.05) is 4.86 Å². The first kappa shape index (κ1) is 9.95. The molecule has 13 heavy (non-hydrogen) atoms. The molecule has 5 heteroatoms. The van der Waals surface area contributed by atoms with Crippen molar-refractivity contribution in [2.75, 3.05) is 13.1 Å². The average molecular weight is 185 g/mol. The molecule has 1 rings (SSSR count). The first-order chi connectivity index (χ1) is 6.06. The first-order valence-corrected chi connectivity index (χ1v) is 4.47. The van der Waals surface area contributed by atoms with Gasteiger partial charge in [0.2, 0.25) is 6.21 Å². The summed E-state index contributed by atoms with van der Waals surface area (Å²) in [6.45, 7) is 5.30. The molecule has 0 aromatic heterocycles. The van der Waals surface area contributed by atoms with E-state index in [4.69, 9.17) is 0 Å². The van der Waals surface area contributed by atoms with Crippen LogP contribution in [-0.2, 0) is 0 Å². The maximum atomic E-state index is 11.0. The van der Waals surface area contributed by atoms with Gasteiger partial charge >= 0.3 is 0 Å². The molecule has 74 valence electrons. The van der Waals surface area contributed by atoms with Gasteiger partial charge in [-0.2, -0.15) is 0 Å². The second-order valence-electron chi connectivity index (χ2n) is 3.88. The second-order valence-corrected chi connectivity index (χ2v) is 3.88. The van der Waals surface area contributed by atoms with Crippen molar-refractivity contribution >= 4 is 6.21 Å². The summed E-state index contributed by atoms with van der Waals surface area (Å²) >= 11 is 0. The van der Waals surface area contributed by atoms with Crippen molar-refractivity contribution in [3.63, 3.8) is 0 Å². The highest BCUT2D eigenvalue weighted by atomic mass is 16.6. The summed E-state index contributed by atoms with van der Waals surface area (Å²) < 4.78 is 2.07. The van der Waals surface area contributed by atoms with E-state index in [2.05, 4.69) is 9.85 Å². The van der Waals surface area contributed by atoms with Crippen LogP contribution in [0.5, 0.6) is 0 Å². The quantitative estimate of drug-likeness (QED) is 0.367. The molecule has 1 aliphatic rings. The highest BCUT2D eigenvalue weighted by Gasteiger charge is 2.31. The van der Waals surface area contributed by atoms with Crippen molar-refractivity contribution in [1.82, 2.24) is 0 Å². The van der Waals surface area contributed by atoms with Crippen molar-refractivity contribution in [2.45, 2.75) is 32.2 Å². The normalized spacial score (nSPS) is 19.2. The molecule has 0 saturated carbocycles. The standard InChI is InChI=1S/C8H15N3O2/c1-8(2,11(13)9-12)7-10-5-3-4-6-10/h7H,3-6H2,1-2H3/b11-9-. The van der Waals surface area contributed by atoms with Crippen molar-refractivity contribution in [3.05, 3.63) is 10.4 Å². The largest absolute Gasteiger partial charge is 0.739 e. The summed E-state index contributed by atoms with van der Waals surface area (Å²) in [6, 6.07) is 0. The molecule has 1 fully saturated rings. The van der Waals surface area contributed by atoms with E-state index in [9.17, 15) is 10.4 Å². The maximum Gasteiger partial charge on any atom is 0.267 e. The third-order valence-electron chi connectivity index (χ3n) is 2.21. The van der Waals surface area contributed by atoms with E-state index in [1.54, 1.807) is 20.1 Å². The molecule has 0 aromatic carbocycles. The Morgan fingerprint density at radius 3 is 2.38 bits per heavy atom. The van der Waals surface area contributed by atoms with Crippen LogP contribution in [0.2, 0.25) is 0 Å². The summed E-state index contributed by atoms with van der Waals surface area (Å²) in [5.74, 6) is 0. The SMILES string of the molecule is CC(C)(C=[N+]1CCCC1)/[N+]([O-])=N/[O-]. The zero-order valence-electron chi connectivity index (χ0n) is 8.06. The number of rotatable bonds is 2. The topological polar surface area (TPSA) is 64.5 Å². The lowest BCUT2D eigenvalue weighted by Gasteiger charge is -2.15. The third kappa shape index (κ3) is 2.40. The summed E-state index contributed by atoms with van der Waals surface area (Å²) in [5, 5.41) is 23.4. The number of hydroxylamine groups is 1. The van der Waals surface area contributed by atoms with E-state index in [1.807, 2.05) is 0 Å². The molecule has 0 N–H and O–H groups in total. The molecule has 1 saturated heterocycles. The molecule has 0 bridgehead atoms. The molecule has 0 atom stereocenters. The predicted molar refractivity (Wildman–Crippen MR) is 48.8 cm³/mol. The molecular weight excluding hydrogens is 170 g/mol. The lowest BCUT2D eigenvalue weighted by molar-refractivity contribution is -0.594. The molecule has 0 aromatic rings. The minimum Gasteiger partial charge on any atom is -0.739 e. The van der Waals surface area contributed by atoms with Gasteiger partial charge in [0, 0.05) is 26.7 Å². The van der Waals surface area contributed by atoms with E-state index in [0.29, 0.717) is 0 Å². The number of hydrogen-bond acceptors (Lipinski definition) is 3. The van der Waals surface area contributed by atoms with E-state index in [-0.39, 0.29) is 4.86 Å². The van der Waals surface area contributed by atoms with E-state index >= 15 is 0 Å². The van der Waals surface area contributed by atoms with Crippen LogP contribution in [0.25, 0.3) is 0 Å². The van der Waals surface area contributed by atoms with Crippen LogP contribution in [0.1, 0.15) is 26.7 Å². The lowest BCUT2D eigenvalue weighted by Crippen LogP contribution is -2.36. The Bertz CT molecular complexity index is 238. The van der Waals surface area contributed by atoms with Crippen LogP contribution in [0, 0.1) is 10.4 Å². The number of hydrogen-bond donors (Lipinski definition) is 0. The Morgan fingerprint density at radius 1 is 1.38 bits per heavy atom. The van der Waals surface area contributed by atoms with Gasteiger partial charge in [0.25, 0.3) is 5.54 Å². The fourth-order valence-electron chi connectivity index (χ4n) is 1.47. The summed E-state index contributed by atoms with van der Waals surface area (Å²) in [4.78, 5) is 0.200. The van der Waals surface area contributed by atoms with Crippen LogP contribution in [0.15, 0.2) is 5.28 Å². The van der Waals surface area contributed by atoms with Gasteiger partial charge in [-0.05, 0) is 5.28 Å². The van der Waals surface area contributed by atoms with Crippen molar-refractivity contribution < 1.29 is 9.44 Å². The average Bonchev–Trinajstić information content (AvgIpc) is 2.54. The predicted octanol–water partition coefficient (Wildman–Crippen LogP) is 1.10. The van der Waals surface area contributed by atoms with Crippen LogP contribution in [0.4, 0.5) is 0 Å². The Labute approximate surface area is 77.5 Å². The molecule has 0 radical (unpaired) electrons. The van der Waals surface area contributed by atoms with Gasteiger partial charge in [-0.25, -0.2) is 4.58 Å². The van der Waals surface area contributed by atoms with Gasteiger partial charge in [-0.3, -0.25) is 0 Å². The minimum atomic E-state index is -0.827. The fraction of sp³-hybridized carbons (Fsp3) is 0.875. The van der Waals surface area contributed by atoms with Crippen molar-refractivity contribution in [1.29, 1.82) is 0 Å². The van der Waals surface area contributed by atoms with E-state index in [0.717, 1.165) is 25.9 Å². The van der Waals surface area contributed by atoms with Crippen LogP contribution < -0.4 is 0 Å².